The molecule has 4 nitrogen and oxygen atoms in total. The molecule has 0 aliphatic carbocycles. The molecule has 1 aliphatic rings. The average Bonchev–Trinajstić information content (AvgIpc) is 2.19. The van der Waals surface area contributed by atoms with Crippen LogP contribution in [0.3, 0.4) is 0 Å². The lowest BCUT2D eigenvalue weighted by molar-refractivity contribution is -0.123. The van der Waals surface area contributed by atoms with Crippen LogP contribution in [0, 0.1) is 0 Å². The molecule has 0 bridgehead atoms. The van der Waals surface area contributed by atoms with Crippen molar-refractivity contribution >= 4 is 5.91 Å². The quantitative estimate of drug-likeness (QED) is 0.735. The Morgan fingerprint density at radius 3 is 2.80 bits per heavy atom. The molecule has 15 heavy (non-hydrogen) atoms. The Morgan fingerprint density at radius 2 is 2.33 bits per heavy atom. The number of likely N-dealkylation sites (N-methyl/N-ethyl adjacent to an activating group) is 1. The lowest BCUT2D eigenvalue weighted by Gasteiger charge is -2.30. The van der Waals surface area contributed by atoms with Crippen molar-refractivity contribution < 1.29 is 9.53 Å². The molecule has 2 atom stereocenters. The van der Waals surface area contributed by atoms with E-state index in [1.165, 1.54) is 6.42 Å². The number of ether oxygens (including phenoxy) is 1. The number of nitrogens with zero attached hydrogens (tertiary/aromatic N) is 1. The first-order valence-corrected chi connectivity index (χ1v) is 5.76. The third-order valence-corrected chi connectivity index (χ3v) is 3.01. The number of hydrogen-bond acceptors (Lipinski definition) is 3. The van der Waals surface area contributed by atoms with Crippen LogP contribution < -0.4 is 5.73 Å². The van der Waals surface area contributed by atoms with Crippen molar-refractivity contribution in [1.82, 2.24) is 4.90 Å². The zero-order valence-corrected chi connectivity index (χ0v) is 9.74. The molecule has 0 aromatic carbocycles. The fourth-order valence-corrected chi connectivity index (χ4v) is 2.13. The van der Waals surface area contributed by atoms with Crippen LogP contribution in [0.5, 0.6) is 0 Å². The third kappa shape index (κ3) is 3.80. The van der Waals surface area contributed by atoms with E-state index in [0.717, 1.165) is 32.4 Å². The Labute approximate surface area is 91.8 Å². The highest BCUT2D eigenvalue weighted by Crippen LogP contribution is 2.14. The summed E-state index contributed by atoms with van der Waals surface area (Å²) < 4.78 is 5.63. The summed E-state index contributed by atoms with van der Waals surface area (Å²) in [5.41, 5.74) is 5.33. The van der Waals surface area contributed by atoms with Crippen molar-refractivity contribution in [1.29, 1.82) is 0 Å². The van der Waals surface area contributed by atoms with Crippen LogP contribution >= 0.6 is 0 Å². The van der Waals surface area contributed by atoms with Crippen LogP contribution in [0.15, 0.2) is 0 Å². The first kappa shape index (κ1) is 12.5. The molecule has 88 valence electrons. The van der Waals surface area contributed by atoms with Crippen molar-refractivity contribution in [3.05, 3.63) is 0 Å². The minimum absolute atomic E-state index is 0.157. The molecule has 1 aliphatic heterocycles. The maximum Gasteiger partial charge on any atom is 0.234 e. The van der Waals surface area contributed by atoms with Gasteiger partial charge in [-0.25, -0.2) is 0 Å². The number of primary amides is 1. The average molecular weight is 214 g/mol. The summed E-state index contributed by atoms with van der Waals surface area (Å²) >= 11 is 0. The van der Waals surface area contributed by atoms with Crippen LogP contribution in [0.25, 0.3) is 0 Å². The maximum absolute atomic E-state index is 11.2. The van der Waals surface area contributed by atoms with Gasteiger partial charge in [0.05, 0.1) is 12.1 Å². The maximum atomic E-state index is 11.2. The predicted octanol–water partition coefficient (Wildman–Crippen LogP) is 0.751. The number of amides is 1. The summed E-state index contributed by atoms with van der Waals surface area (Å²) in [5.74, 6) is -0.240. The van der Waals surface area contributed by atoms with Crippen molar-refractivity contribution in [3.8, 4) is 0 Å². The van der Waals surface area contributed by atoms with Gasteiger partial charge in [0.25, 0.3) is 0 Å². The molecule has 1 heterocycles. The molecule has 1 saturated heterocycles. The number of carbonyl (C=O) groups excluding carboxylic acids is 1. The summed E-state index contributed by atoms with van der Waals surface area (Å²) in [4.78, 5) is 13.2. The van der Waals surface area contributed by atoms with E-state index in [0.29, 0.717) is 0 Å². The van der Waals surface area contributed by atoms with Crippen LogP contribution in [0.4, 0.5) is 0 Å². The molecule has 1 rings (SSSR count). The predicted molar refractivity (Wildman–Crippen MR) is 59.5 cm³/mol. The fourth-order valence-electron chi connectivity index (χ4n) is 2.13. The SMILES string of the molecule is CCC(C(N)=O)N(C)CC1CCCCO1. The highest BCUT2D eigenvalue weighted by molar-refractivity contribution is 5.79. The van der Waals surface area contributed by atoms with Gasteiger partial charge in [0.1, 0.15) is 0 Å². The molecule has 2 N–H and O–H groups in total. The fraction of sp³-hybridized carbons (Fsp3) is 0.909. The van der Waals surface area contributed by atoms with Gasteiger partial charge in [-0.05, 0) is 32.7 Å². The van der Waals surface area contributed by atoms with E-state index in [1.807, 2.05) is 18.9 Å². The molecule has 0 spiro atoms. The second-order valence-corrected chi connectivity index (χ2v) is 4.25. The van der Waals surface area contributed by atoms with E-state index in [2.05, 4.69) is 0 Å². The van der Waals surface area contributed by atoms with E-state index < -0.39 is 0 Å². The lowest BCUT2D eigenvalue weighted by atomic mass is 10.1. The first-order valence-electron chi connectivity index (χ1n) is 5.76. The molecule has 0 radical (unpaired) electrons. The minimum Gasteiger partial charge on any atom is -0.377 e. The largest absolute Gasteiger partial charge is 0.377 e. The molecule has 1 amide bonds. The van der Waals surface area contributed by atoms with E-state index in [-0.39, 0.29) is 18.1 Å². The van der Waals surface area contributed by atoms with Gasteiger partial charge in [-0.15, -0.1) is 0 Å². The number of nitrogens with two attached hydrogens (primary N) is 1. The Hall–Kier alpha value is -0.610. The van der Waals surface area contributed by atoms with E-state index >= 15 is 0 Å². The standard InChI is InChI=1S/C11H22N2O2/c1-3-10(11(12)14)13(2)8-9-6-4-5-7-15-9/h9-10H,3-8H2,1-2H3,(H2,12,14). The summed E-state index contributed by atoms with van der Waals surface area (Å²) in [6.45, 7) is 3.64. The molecule has 2 unspecified atom stereocenters. The molecule has 0 aromatic heterocycles. The Balaban J connectivity index is 2.38. The number of rotatable bonds is 5. The highest BCUT2D eigenvalue weighted by atomic mass is 16.5. The van der Waals surface area contributed by atoms with Gasteiger partial charge in [0.2, 0.25) is 5.91 Å². The second-order valence-electron chi connectivity index (χ2n) is 4.25. The highest BCUT2D eigenvalue weighted by Gasteiger charge is 2.23. The molecular formula is C11H22N2O2. The summed E-state index contributed by atoms with van der Waals surface area (Å²) in [7, 11) is 1.94. The number of carbonyl (C=O) groups is 1. The third-order valence-electron chi connectivity index (χ3n) is 3.01. The van der Waals surface area contributed by atoms with Gasteiger partial charge >= 0.3 is 0 Å². The van der Waals surface area contributed by atoms with Crippen molar-refractivity contribution in [2.45, 2.75) is 44.8 Å². The van der Waals surface area contributed by atoms with Crippen molar-refractivity contribution in [2.75, 3.05) is 20.2 Å². The summed E-state index contributed by atoms with van der Waals surface area (Å²) in [6.07, 6.45) is 4.52. The van der Waals surface area contributed by atoms with Crippen LogP contribution in [-0.2, 0) is 9.53 Å². The summed E-state index contributed by atoms with van der Waals surface area (Å²) in [5, 5.41) is 0. The van der Waals surface area contributed by atoms with E-state index in [4.69, 9.17) is 10.5 Å². The van der Waals surface area contributed by atoms with Gasteiger partial charge in [0, 0.05) is 13.2 Å². The van der Waals surface area contributed by atoms with Crippen molar-refractivity contribution in [2.24, 2.45) is 5.73 Å². The minimum atomic E-state index is -0.240. The normalized spacial score (nSPS) is 24.1. The topological polar surface area (TPSA) is 55.6 Å². The zero-order chi connectivity index (χ0) is 11.3. The zero-order valence-electron chi connectivity index (χ0n) is 9.74. The first-order chi connectivity index (χ1) is 7.15. The Kier molecular flexibility index (Phi) is 5.05. The molecule has 0 aromatic rings. The van der Waals surface area contributed by atoms with Gasteiger partial charge in [-0.1, -0.05) is 6.92 Å². The van der Waals surface area contributed by atoms with Gasteiger partial charge < -0.3 is 10.5 Å². The molecule has 1 fully saturated rings. The van der Waals surface area contributed by atoms with Gasteiger partial charge in [-0.3, -0.25) is 9.69 Å². The van der Waals surface area contributed by atoms with Crippen LogP contribution in [0.1, 0.15) is 32.6 Å². The Bertz CT molecular complexity index is 203. The van der Waals surface area contributed by atoms with Crippen LogP contribution in [-0.4, -0.2) is 43.2 Å². The molecule has 0 saturated carbocycles. The van der Waals surface area contributed by atoms with E-state index in [9.17, 15) is 4.79 Å². The smallest absolute Gasteiger partial charge is 0.234 e. The number of hydrogen-bond donors (Lipinski definition) is 1. The molecular weight excluding hydrogens is 192 g/mol. The lowest BCUT2D eigenvalue weighted by Crippen LogP contribution is -2.46. The van der Waals surface area contributed by atoms with E-state index in [1.54, 1.807) is 0 Å². The molecule has 4 heteroatoms. The second kappa shape index (κ2) is 6.08. The van der Waals surface area contributed by atoms with Crippen molar-refractivity contribution in [3.63, 3.8) is 0 Å². The van der Waals surface area contributed by atoms with Gasteiger partial charge in [0.15, 0.2) is 0 Å². The monoisotopic (exact) mass is 214 g/mol. The summed E-state index contributed by atoms with van der Waals surface area (Å²) in [6, 6.07) is -0.157. The van der Waals surface area contributed by atoms with Gasteiger partial charge in [-0.2, -0.15) is 0 Å². The van der Waals surface area contributed by atoms with Crippen LogP contribution in [0.2, 0.25) is 0 Å². The Morgan fingerprint density at radius 1 is 1.60 bits per heavy atom.